The van der Waals surface area contributed by atoms with Crippen LogP contribution in [0.25, 0.3) is 10.9 Å². The molecule has 1 fully saturated rings. The van der Waals surface area contributed by atoms with Crippen molar-refractivity contribution in [3.8, 4) is 5.75 Å². The zero-order valence-electron chi connectivity index (χ0n) is 16.9. The molecule has 2 aliphatic rings. The van der Waals surface area contributed by atoms with Crippen molar-refractivity contribution < 1.29 is 18.9 Å². The zero-order valence-corrected chi connectivity index (χ0v) is 17.8. The van der Waals surface area contributed by atoms with E-state index >= 15 is 0 Å². The monoisotopic (exact) mass is 406 g/mol. The van der Waals surface area contributed by atoms with Crippen molar-refractivity contribution in [2.75, 3.05) is 13.1 Å². The van der Waals surface area contributed by atoms with Gasteiger partial charge in [0.15, 0.2) is 0 Å². The Morgan fingerprint density at radius 2 is 2.07 bits per heavy atom. The number of fused-ring (bicyclic) bond motifs is 4. The standard InChI is InChI=1S/C21H31N2O4P/c1-4-14-11-13(3)12-23-10-9-16-19-17(22-20(16)15(5-2)21(14)23)7-6-8-18(19)27-28(24,25)26/h6-8,13-15,21-22H,4-5,9-12H2,1-3H3,(H2,24,25,26). The molecule has 1 aromatic carbocycles. The summed E-state index contributed by atoms with van der Waals surface area (Å²) in [5, 5.41) is 0.834. The average Bonchev–Trinajstić information content (AvgIpc) is 2.92. The fourth-order valence-corrected chi connectivity index (χ4v) is 6.14. The highest BCUT2D eigenvalue weighted by molar-refractivity contribution is 7.46. The average molecular weight is 406 g/mol. The lowest BCUT2D eigenvalue weighted by atomic mass is 9.75. The minimum atomic E-state index is -4.61. The smallest absolute Gasteiger partial charge is 0.404 e. The van der Waals surface area contributed by atoms with Gasteiger partial charge in [-0.2, -0.15) is 0 Å². The molecule has 1 aromatic heterocycles. The van der Waals surface area contributed by atoms with Gasteiger partial charge in [-0.3, -0.25) is 14.7 Å². The molecular formula is C21H31N2O4P. The molecular weight excluding hydrogens is 375 g/mol. The lowest BCUT2D eigenvalue weighted by Crippen LogP contribution is -2.50. The van der Waals surface area contributed by atoms with Crippen molar-refractivity contribution in [3.05, 3.63) is 29.5 Å². The molecule has 0 radical (unpaired) electrons. The first-order chi connectivity index (χ1) is 13.3. The maximum atomic E-state index is 11.5. The van der Waals surface area contributed by atoms with Crippen LogP contribution >= 0.6 is 7.82 Å². The second kappa shape index (κ2) is 7.49. The number of hydrogen-bond acceptors (Lipinski definition) is 3. The highest BCUT2D eigenvalue weighted by Crippen LogP contribution is 2.47. The number of phosphoric ester groups is 1. The second-order valence-corrected chi connectivity index (χ2v) is 9.70. The van der Waals surface area contributed by atoms with Gasteiger partial charge in [-0.1, -0.05) is 33.3 Å². The van der Waals surface area contributed by atoms with Crippen LogP contribution in [0.15, 0.2) is 18.2 Å². The van der Waals surface area contributed by atoms with Gasteiger partial charge >= 0.3 is 7.82 Å². The lowest BCUT2D eigenvalue weighted by molar-refractivity contribution is 0.0446. The lowest BCUT2D eigenvalue weighted by Gasteiger charge is -2.46. The quantitative estimate of drug-likeness (QED) is 0.654. The molecule has 7 heteroatoms. The van der Waals surface area contributed by atoms with Gasteiger partial charge < -0.3 is 9.51 Å². The third kappa shape index (κ3) is 3.52. The van der Waals surface area contributed by atoms with Gasteiger partial charge in [-0.25, -0.2) is 4.57 Å². The molecule has 6 nitrogen and oxygen atoms in total. The Labute approximate surface area is 166 Å². The number of piperidine rings is 1. The van der Waals surface area contributed by atoms with Gasteiger partial charge in [-0.15, -0.1) is 0 Å². The molecule has 4 atom stereocenters. The van der Waals surface area contributed by atoms with Crippen molar-refractivity contribution in [1.82, 2.24) is 9.88 Å². The van der Waals surface area contributed by atoms with Crippen molar-refractivity contribution in [2.24, 2.45) is 11.8 Å². The van der Waals surface area contributed by atoms with E-state index < -0.39 is 7.82 Å². The van der Waals surface area contributed by atoms with E-state index in [1.54, 1.807) is 12.1 Å². The van der Waals surface area contributed by atoms with Crippen LogP contribution in [-0.2, 0) is 11.0 Å². The van der Waals surface area contributed by atoms with E-state index in [0.717, 1.165) is 36.8 Å². The van der Waals surface area contributed by atoms with Crippen LogP contribution in [0.3, 0.4) is 0 Å². The molecule has 1 saturated heterocycles. The summed E-state index contributed by atoms with van der Waals surface area (Å²) in [6.45, 7) is 9.02. The molecule has 0 aliphatic carbocycles. The summed E-state index contributed by atoms with van der Waals surface area (Å²) in [5.74, 6) is 2.06. The van der Waals surface area contributed by atoms with E-state index in [2.05, 4.69) is 30.7 Å². The zero-order chi connectivity index (χ0) is 20.1. The van der Waals surface area contributed by atoms with E-state index in [1.807, 2.05) is 6.07 Å². The van der Waals surface area contributed by atoms with Crippen LogP contribution in [-0.4, -0.2) is 38.8 Å². The summed E-state index contributed by atoms with van der Waals surface area (Å²) in [4.78, 5) is 25.0. The molecule has 28 heavy (non-hydrogen) atoms. The van der Waals surface area contributed by atoms with Gasteiger partial charge in [0.25, 0.3) is 0 Å². The van der Waals surface area contributed by atoms with Crippen LogP contribution < -0.4 is 4.52 Å². The number of aromatic amines is 1. The second-order valence-electron chi connectivity index (χ2n) is 8.54. The predicted molar refractivity (Wildman–Crippen MR) is 111 cm³/mol. The van der Waals surface area contributed by atoms with Crippen molar-refractivity contribution in [2.45, 2.75) is 58.4 Å². The number of H-pyrrole nitrogens is 1. The van der Waals surface area contributed by atoms with Crippen LogP contribution in [0.5, 0.6) is 5.75 Å². The van der Waals surface area contributed by atoms with Crippen LogP contribution in [0.1, 0.15) is 57.2 Å². The molecule has 3 N–H and O–H groups in total. The van der Waals surface area contributed by atoms with E-state index in [-0.39, 0.29) is 5.75 Å². The molecule has 0 amide bonds. The Kier molecular flexibility index (Phi) is 5.34. The fourth-order valence-electron chi connectivity index (χ4n) is 5.74. The first kappa shape index (κ1) is 20.0. The number of nitrogens with one attached hydrogen (secondary N) is 1. The van der Waals surface area contributed by atoms with Gasteiger partial charge in [0.1, 0.15) is 5.75 Å². The molecule has 154 valence electrons. The normalized spacial score (nSPS) is 28.6. The summed E-state index contributed by atoms with van der Waals surface area (Å²) in [6.07, 6.45) is 4.37. The molecule has 0 saturated carbocycles. The number of aromatic nitrogens is 1. The fraction of sp³-hybridized carbons (Fsp3) is 0.619. The van der Waals surface area contributed by atoms with Gasteiger partial charge in [-0.05, 0) is 48.8 Å². The van der Waals surface area contributed by atoms with Crippen molar-refractivity contribution in [3.63, 3.8) is 0 Å². The summed E-state index contributed by atoms with van der Waals surface area (Å²) >= 11 is 0. The van der Waals surface area contributed by atoms with E-state index in [1.165, 1.54) is 24.1 Å². The van der Waals surface area contributed by atoms with E-state index in [4.69, 9.17) is 4.52 Å². The van der Waals surface area contributed by atoms with Crippen LogP contribution in [0.4, 0.5) is 0 Å². The molecule has 0 bridgehead atoms. The molecule has 4 unspecified atom stereocenters. The Balaban J connectivity index is 1.85. The SMILES string of the molecule is CCC1CC(C)CN2CCc3c([nH]c4cccc(OP(=O)(O)O)c34)C(CC)C12. The van der Waals surface area contributed by atoms with Crippen molar-refractivity contribution >= 4 is 18.7 Å². The summed E-state index contributed by atoms with van der Waals surface area (Å²) in [6, 6.07) is 5.94. The molecule has 0 spiro atoms. The Morgan fingerprint density at radius 3 is 2.75 bits per heavy atom. The maximum absolute atomic E-state index is 11.5. The highest BCUT2D eigenvalue weighted by atomic mass is 31.2. The number of rotatable bonds is 4. The van der Waals surface area contributed by atoms with Gasteiger partial charge in [0, 0.05) is 41.6 Å². The van der Waals surface area contributed by atoms with Crippen molar-refractivity contribution in [1.29, 1.82) is 0 Å². The minimum absolute atomic E-state index is 0.276. The predicted octanol–water partition coefficient (Wildman–Crippen LogP) is 4.43. The first-order valence-corrected chi connectivity index (χ1v) is 12.0. The van der Waals surface area contributed by atoms with Crippen LogP contribution in [0.2, 0.25) is 0 Å². The molecule has 2 aliphatic heterocycles. The largest absolute Gasteiger partial charge is 0.524 e. The topological polar surface area (TPSA) is 85.8 Å². The summed E-state index contributed by atoms with van der Waals surface area (Å²) < 4.78 is 16.6. The summed E-state index contributed by atoms with van der Waals surface area (Å²) in [5.41, 5.74) is 3.31. The molecule has 2 aromatic rings. The first-order valence-electron chi connectivity index (χ1n) is 10.4. The summed E-state index contributed by atoms with van der Waals surface area (Å²) in [7, 11) is -4.61. The van der Waals surface area contributed by atoms with Gasteiger partial charge in [0.2, 0.25) is 0 Å². The number of hydrogen-bond donors (Lipinski definition) is 3. The number of nitrogens with zero attached hydrogens (tertiary/aromatic N) is 1. The number of phosphoric acid groups is 1. The Hall–Kier alpha value is -1.33. The van der Waals surface area contributed by atoms with E-state index in [0.29, 0.717) is 23.8 Å². The highest BCUT2D eigenvalue weighted by Gasteiger charge is 2.42. The van der Waals surface area contributed by atoms with Crippen LogP contribution in [0, 0.1) is 11.8 Å². The molecule has 3 heterocycles. The maximum Gasteiger partial charge on any atom is 0.524 e. The third-order valence-electron chi connectivity index (χ3n) is 6.69. The Morgan fingerprint density at radius 1 is 1.29 bits per heavy atom. The van der Waals surface area contributed by atoms with Gasteiger partial charge in [0.05, 0.1) is 0 Å². The van der Waals surface area contributed by atoms with E-state index in [9.17, 15) is 14.4 Å². The Bertz CT molecular complexity index is 905. The molecule has 4 rings (SSSR count). The minimum Gasteiger partial charge on any atom is -0.404 e. The number of benzene rings is 1. The third-order valence-corrected chi connectivity index (χ3v) is 7.13.